The van der Waals surface area contributed by atoms with Gasteiger partial charge in [-0.3, -0.25) is 9.80 Å². The summed E-state index contributed by atoms with van der Waals surface area (Å²) in [5.41, 5.74) is 5.46. The molecule has 3 nitrogen and oxygen atoms in total. The predicted molar refractivity (Wildman–Crippen MR) is 52.5 cm³/mol. The third kappa shape index (κ3) is 3.48. The van der Waals surface area contributed by atoms with Crippen molar-refractivity contribution in [1.29, 1.82) is 0 Å². The topological polar surface area (TPSA) is 32.5 Å². The van der Waals surface area contributed by atoms with Gasteiger partial charge in [-0.05, 0) is 6.92 Å². The van der Waals surface area contributed by atoms with Crippen LogP contribution < -0.4 is 5.73 Å². The van der Waals surface area contributed by atoms with Crippen molar-refractivity contribution in [3.05, 3.63) is 0 Å². The molecule has 5 heteroatoms. The molecule has 1 aliphatic rings. The lowest BCUT2D eigenvalue weighted by molar-refractivity contribution is 0.0348. The van der Waals surface area contributed by atoms with Gasteiger partial charge in [0.1, 0.15) is 0 Å². The smallest absolute Gasteiger partial charge is 0.251 e. The third-order valence-corrected chi connectivity index (χ3v) is 2.66. The minimum Gasteiger partial charge on any atom is -0.329 e. The summed E-state index contributed by atoms with van der Waals surface area (Å²) in [6, 6.07) is 0.339. The van der Waals surface area contributed by atoms with Crippen LogP contribution in [0.2, 0.25) is 0 Å². The van der Waals surface area contributed by atoms with Crippen molar-refractivity contribution in [3.63, 3.8) is 0 Å². The van der Waals surface area contributed by atoms with Crippen LogP contribution in [0, 0.1) is 0 Å². The Kier molecular flexibility index (Phi) is 4.71. The molecule has 1 saturated heterocycles. The van der Waals surface area contributed by atoms with Crippen LogP contribution in [0.1, 0.15) is 6.92 Å². The molecule has 0 aromatic heterocycles. The Morgan fingerprint density at radius 1 is 1.43 bits per heavy atom. The van der Waals surface area contributed by atoms with E-state index in [1.54, 1.807) is 0 Å². The Labute approximate surface area is 83.8 Å². The van der Waals surface area contributed by atoms with Gasteiger partial charge in [-0.15, -0.1) is 0 Å². The maximum Gasteiger partial charge on any atom is 0.251 e. The van der Waals surface area contributed by atoms with Crippen molar-refractivity contribution >= 4 is 0 Å². The molecular formula is C9H19F2N3. The summed E-state index contributed by atoms with van der Waals surface area (Å²) in [6.45, 7) is 5.78. The zero-order chi connectivity index (χ0) is 10.6. The number of halogens is 2. The zero-order valence-electron chi connectivity index (χ0n) is 8.63. The lowest BCUT2D eigenvalue weighted by Gasteiger charge is -2.39. The highest BCUT2D eigenvalue weighted by Crippen LogP contribution is 2.10. The van der Waals surface area contributed by atoms with E-state index < -0.39 is 6.43 Å². The molecule has 0 amide bonds. The molecule has 1 rings (SSSR count). The molecule has 1 heterocycles. The second-order valence-electron chi connectivity index (χ2n) is 3.82. The number of piperazine rings is 1. The molecule has 1 atom stereocenters. The van der Waals surface area contributed by atoms with Gasteiger partial charge >= 0.3 is 0 Å². The number of nitrogens with zero attached hydrogens (tertiary/aromatic N) is 2. The van der Waals surface area contributed by atoms with Crippen LogP contribution in [0.25, 0.3) is 0 Å². The van der Waals surface area contributed by atoms with Crippen LogP contribution >= 0.6 is 0 Å². The average molecular weight is 207 g/mol. The van der Waals surface area contributed by atoms with Gasteiger partial charge in [-0.1, -0.05) is 0 Å². The average Bonchev–Trinajstić information content (AvgIpc) is 2.09. The number of hydrogen-bond donors (Lipinski definition) is 1. The minimum atomic E-state index is -2.22. The van der Waals surface area contributed by atoms with Crippen molar-refractivity contribution in [2.45, 2.75) is 19.4 Å². The van der Waals surface area contributed by atoms with Crippen molar-refractivity contribution < 1.29 is 8.78 Å². The Morgan fingerprint density at radius 3 is 2.64 bits per heavy atom. The molecule has 2 N–H and O–H groups in total. The molecule has 0 bridgehead atoms. The Morgan fingerprint density at radius 2 is 2.14 bits per heavy atom. The van der Waals surface area contributed by atoms with Crippen molar-refractivity contribution in [2.75, 3.05) is 39.3 Å². The summed E-state index contributed by atoms with van der Waals surface area (Å²) in [6.07, 6.45) is -2.22. The highest BCUT2D eigenvalue weighted by atomic mass is 19.3. The van der Waals surface area contributed by atoms with Crippen LogP contribution in [0.5, 0.6) is 0 Å². The second-order valence-corrected chi connectivity index (χ2v) is 3.82. The Hall–Kier alpha value is -0.260. The molecule has 0 saturated carbocycles. The van der Waals surface area contributed by atoms with Gasteiger partial charge in [0.2, 0.25) is 0 Å². The molecule has 0 unspecified atom stereocenters. The molecule has 1 fully saturated rings. The van der Waals surface area contributed by atoms with E-state index in [0.29, 0.717) is 12.6 Å². The van der Waals surface area contributed by atoms with Gasteiger partial charge in [0.25, 0.3) is 6.43 Å². The first kappa shape index (κ1) is 11.8. The molecule has 0 aliphatic carbocycles. The fourth-order valence-electron chi connectivity index (χ4n) is 1.93. The summed E-state index contributed by atoms with van der Waals surface area (Å²) in [5, 5.41) is 0. The van der Waals surface area contributed by atoms with Crippen LogP contribution in [-0.2, 0) is 0 Å². The molecule has 14 heavy (non-hydrogen) atoms. The monoisotopic (exact) mass is 207 g/mol. The van der Waals surface area contributed by atoms with Crippen molar-refractivity contribution in [1.82, 2.24) is 9.80 Å². The van der Waals surface area contributed by atoms with Crippen LogP contribution in [0.15, 0.2) is 0 Å². The first-order chi connectivity index (χ1) is 6.63. The van der Waals surface area contributed by atoms with Crippen LogP contribution in [-0.4, -0.2) is 61.5 Å². The van der Waals surface area contributed by atoms with E-state index in [4.69, 9.17) is 5.73 Å². The second kappa shape index (κ2) is 5.58. The summed E-state index contributed by atoms with van der Waals surface area (Å²) in [7, 11) is 0. The van der Waals surface area contributed by atoms with Gasteiger partial charge in [-0.2, -0.15) is 0 Å². The minimum absolute atomic E-state index is 0.0964. The summed E-state index contributed by atoms with van der Waals surface area (Å²) >= 11 is 0. The van der Waals surface area contributed by atoms with Crippen molar-refractivity contribution in [3.8, 4) is 0 Å². The van der Waals surface area contributed by atoms with E-state index in [9.17, 15) is 8.78 Å². The van der Waals surface area contributed by atoms with E-state index in [2.05, 4.69) is 11.8 Å². The Balaban J connectivity index is 2.31. The fraction of sp³-hybridized carbons (Fsp3) is 1.00. The normalized spacial score (nSPS) is 25.9. The van der Waals surface area contributed by atoms with E-state index >= 15 is 0 Å². The van der Waals surface area contributed by atoms with Crippen molar-refractivity contribution in [2.24, 2.45) is 5.73 Å². The van der Waals surface area contributed by atoms with E-state index in [1.165, 1.54) is 0 Å². The molecular weight excluding hydrogens is 188 g/mol. The number of nitrogens with two attached hydrogens (primary N) is 1. The van der Waals surface area contributed by atoms with Gasteiger partial charge < -0.3 is 5.73 Å². The molecule has 1 aliphatic heterocycles. The lowest BCUT2D eigenvalue weighted by Crippen LogP contribution is -2.53. The molecule has 0 aromatic rings. The van der Waals surface area contributed by atoms with Gasteiger partial charge in [0.15, 0.2) is 0 Å². The molecule has 0 radical (unpaired) electrons. The maximum atomic E-state index is 12.1. The lowest BCUT2D eigenvalue weighted by atomic mass is 10.2. The zero-order valence-corrected chi connectivity index (χ0v) is 8.63. The van der Waals surface area contributed by atoms with Crippen LogP contribution in [0.4, 0.5) is 8.78 Å². The third-order valence-electron chi connectivity index (χ3n) is 2.66. The largest absolute Gasteiger partial charge is 0.329 e. The summed E-state index contributed by atoms with van der Waals surface area (Å²) in [5.74, 6) is 0. The van der Waals surface area contributed by atoms with E-state index in [-0.39, 0.29) is 6.54 Å². The first-order valence-electron chi connectivity index (χ1n) is 5.08. The standard InChI is InChI=1S/C9H19F2N3/c1-8-6-13(7-9(10)11)4-5-14(8)3-2-12/h8-9H,2-7,12H2,1H3/t8-/m0/s1. The van der Waals surface area contributed by atoms with Gasteiger partial charge in [0.05, 0.1) is 6.54 Å². The maximum absolute atomic E-state index is 12.1. The van der Waals surface area contributed by atoms with Gasteiger partial charge in [0, 0.05) is 38.8 Å². The quantitative estimate of drug-likeness (QED) is 0.715. The Bertz CT molecular complexity index is 166. The predicted octanol–water partition coefficient (Wildman–Crippen LogP) is 0.216. The van der Waals surface area contributed by atoms with Crippen LogP contribution in [0.3, 0.4) is 0 Å². The molecule has 84 valence electrons. The number of alkyl halides is 2. The molecule has 0 spiro atoms. The number of hydrogen-bond acceptors (Lipinski definition) is 3. The summed E-state index contributed by atoms with van der Waals surface area (Å²) in [4.78, 5) is 4.07. The van der Waals surface area contributed by atoms with E-state index in [1.807, 2.05) is 4.90 Å². The highest BCUT2D eigenvalue weighted by molar-refractivity contribution is 4.79. The van der Waals surface area contributed by atoms with Gasteiger partial charge in [-0.25, -0.2) is 8.78 Å². The fourth-order valence-corrected chi connectivity index (χ4v) is 1.93. The van der Waals surface area contributed by atoms with E-state index in [0.717, 1.165) is 26.2 Å². The first-order valence-corrected chi connectivity index (χ1v) is 5.08. The molecule has 0 aromatic carbocycles. The highest BCUT2D eigenvalue weighted by Gasteiger charge is 2.24. The summed E-state index contributed by atoms with van der Waals surface area (Å²) < 4.78 is 24.2. The SMILES string of the molecule is C[C@H]1CN(CC(F)F)CCN1CCN. The number of rotatable bonds is 4.